The molecule has 0 saturated heterocycles. The van der Waals surface area contributed by atoms with Crippen LogP contribution < -0.4 is 0 Å². The normalized spacial score (nSPS) is 12.6. The molecule has 0 aromatic heterocycles. The number of benzene rings is 1. The van der Waals surface area contributed by atoms with E-state index < -0.39 is 10.9 Å². The minimum Gasteiger partial charge on any atom is -0.196 e. The summed E-state index contributed by atoms with van der Waals surface area (Å²) >= 11 is -0.192. The van der Waals surface area contributed by atoms with E-state index in [-0.39, 0.29) is 23.1 Å². The molecule has 0 aliphatic carbocycles. The van der Waals surface area contributed by atoms with Gasteiger partial charge in [0.1, 0.15) is 0 Å². The van der Waals surface area contributed by atoms with Crippen LogP contribution in [0.25, 0.3) is 0 Å². The Morgan fingerprint density at radius 3 is 2.10 bits per heavy atom. The standard InChI is InChI=1S/C15H13F3N2S/c1-3-11(2)14(9-19,10-20)8-12-4-6-13(7-5-12)21-15(16,17)18/h3-7H,8H2,1-2H3. The van der Waals surface area contributed by atoms with Crippen LogP contribution >= 0.6 is 11.8 Å². The molecule has 0 N–H and O–H groups in total. The molecule has 0 aliphatic heterocycles. The van der Waals surface area contributed by atoms with Crippen LogP contribution in [-0.4, -0.2) is 5.51 Å². The minimum absolute atomic E-state index is 0.0773. The smallest absolute Gasteiger partial charge is 0.196 e. The Bertz CT molecular complexity index is 590. The van der Waals surface area contributed by atoms with Crippen LogP contribution in [0.1, 0.15) is 19.4 Å². The number of allylic oxidation sites excluding steroid dienone is 2. The van der Waals surface area contributed by atoms with E-state index in [2.05, 4.69) is 0 Å². The van der Waals surface area contributed by atoms with Crippen molar-refractivity contribution in [3.63, 3.8) is 0 Å². The van der Waals surface area contributed by atoms with E-state index in [4.69, 9.17) is 0 Å². The molecule has 0 heterocycles. The van der Waals surface area contributed by atoms with Crippen LogP contribution in [0, 0.1) is 28.1 Å². The zero-order chi connectivity index (χ0) is 16.1. The van der Waals surface area contributed by atoms with Crippen molar-refractivity contribution in [1.29, 1.82) is 10.5 Å². The van der Waals surface area contributed by atoms with Gasteiger partial charge in [-0.2, -0.15) is 23.7 Å². The van der Waals surface area contributed by atoms with Gasteiger partial charge in [-0.1, -0.05) is 18.2 Å². The van der Waals surface area contributed by atoms with Gasteiger partial charge in [0.2, 0.25) is 0 Å². The predicted octanol–water partition coefficient (Wildman–Crippen LogP) is 4.84. The lowest BCUT2D eigenvalue weighted by Gasteiger charge is -2.19. The third-order valence-corrected chi connectivity index (χ3v) is 3.85. The molecule has 0 unspecified atom stereocenters. The Balaban J connectivity index is 2.99. The fraction of sp³-hybridized carbons (Fsp3) is 0.333. The largest absolute Gasteiger partial charge is 0.446 e. The molecule has 0 fully saturated rings. The molecule has 2 nitrogen and oxygen atoms in total. The van der Waals surface area contributed by atoms with Gasteiger partial charge in [-0.05, 0) is 48.9 Å². The highest BCUT2D eigenvalue weighted by molar-refractivity contribution is 8.00. The average Bonchev–Trinajstić information content (AvgIpc) is 2.44. The summed E-state index contributed by atoms with van der Waals surface area (Å²) in [5, 5.41) is 18.6. The highest BCUT2D eigenvalue weighted by Crippen LogP contribution is 2.37. The number of rotatable bonds is 4. The average molecular weight is 310 g/mol. The number of nitrogens with zero attached hydrogens (tertiary/aromatic N) is 2. The number of halogens is 3. The van der Waals surface area contributed by atoms with E-state index in [9.17, 15) is 23.7 Å². The van der Waals surface area contributed by atoms with Crippen LogP contribution in [0.4, 0.5) is 13.2 Å². The van der Waals surface area contributed by atoms with Gasteiger partial charge < -0.3 is 0 Å². The Morgan fingerprint density at radius 1 is 1.19 bits per heavy atom. The molecule has 1 rings (SSSR count). The number of alkyl halides is 3. The molecular weight excluding hydrogens is 297 g/mol. The molecule has 21 heavy (non-hydrogen) atoms. The minimum atomic E-state index is -4.33. The van der Waals surface area contributed by atoms with Gasteiger partial charge in [-0.15, -0.1) is 0 Å². The predicted molar refractivity (Wildman–Crippen MR) is 75.1 cm³/mol. The molecule has 0 amide bonds. The first-order valence-corrected chi connectivity index (χ1v) is 6.88. The van der Waals surface area contributed by atoms with Gasteiger partial charge in [-0.3, -0.25) is 0 Å². The van der Waals surface area contributed by atoms with Crippen LogP contribution in [-0.2, 0) is 6.42 Å². The lowest BCUT2D eigenvalue weighted by Crippen LogP contribution is -2.21. The van der Waals surface area contributed by atoms with Crippen molar-refractivity contribution in [3.8, 4) is 12.1 Å². The highest BCUT2D eigenvalue weighted by Gasteiger charge is 2.32. The van der Waals surface area contributed by atoms with E-state index >= 15 is 0 Å². The first-order chi connectivity index (χ1) is 9.76. The Morgan fingerprint density at radius 2 is 1.71 bits per heavy atom. The maximum Gasteiger partial charge on any atom is 0.446 e. The third kappa shape index (κ3) is 4.54. The second-order valence-electron chi connectivity index (χ2n) is 4.47. The summed E-state index contributed by atoms with van der Waals surface area (Å²) in [5.74, 6) is 0. The van der Waals surface area contributed by atoms with E-state index in [1.54, 1.807) is 19.9 Å². The Hall–Kier alpha value is -1.92. The summed E-state index contributed by atoms with van der Waals surface area (Å²) in [6.45, 7) is 3.43. The summed E-state index contributed by atoms with van der Waals surface area (Å²) in [5.41, 5.74) is -4.34. The zero-order valence-electron chi connectivity index (χ0n) is 11.5. The summed E-state index contributed by atoms with van der Waals surface area (Å²) in [6.07, 6.45) is 1.84. The van der Waals surface area contributed by atoms with Crippen molar-refractivity contribution in [1.82, 2.24) is 0 Å². The maximum absolute atomic E-state index is 12.2. The molecule has 0 aliphatic rings. The molecule has 0 bridgehead atoms. The van der Waals surface area contributed by atoms with E-state index in [0.29, 0.717) is 11.1 Å². The molecule has 1 aromatic carbocycles. The van der Waals surface area contributed by atoms with Crippen LogP contribution in [0.2, 0.25) is 0 Å². The van der Waals surface area contributed by atoms with Gasteiger partial charge in [-0.25, -0.2) is 0 Å². The Labute approximate surface area is 125 Å². The van der Waals surface area contributed by atoms with Gasteiger partial charge >= 0.3 is 5.51 Å². The number of thioether (sulfide) groups is 1. The van der Waals surface area contributed by atoms with E-state index in [0.717, 1.165) is 0 Å². The molecule has 0 radical (unpaired) electrons. The van der Waals surface area contributed by atoms with Gasteiger partial charge in [0, 0.05) is 11.3 Å². The summed E-state index contributed by atoms with van der Waals surface area (Å²) in [4.78, 5) is 0.0773. The van der Waals surface area contributed by atoms with Gasteiger partial charge in [0.15, 0.2) is 5.41 Å². The third-order valence-electron chi connectivity index (χ3n) is 3.11. The molecule has 1 aromatic rings. The first-order valence-electron chi connectivity index (χ1n) is 6.07. The van der Waals surface area contributed by atoms with Crippen molar-refractivity contribution in [2.24, 2.45) is 5.41 Å². The fourth-order valence-electron chi connectivity index (χ4n) is 1.78. The first kappa shape index (κ1) is 17.1. The van der Waals surface area contributed by atoms with Gasteiger partial charge in [0.05, 0.1) is 12.1 Å². The molecule has 6 heteroatoms. The number of hydrogen-bond donors (Lipinski definition) is 0. The second kappa shape index (κ2) is 6.69. The van der Waals surface area contributed by atoms with Crippen molar-refractivity contribution in [2.45, 2.75) is 30.7 Å². The molecular formula is C15H13F3N2S. The second-order valence-corrected chi connectivity index (χ2v) is 5.61. The monoisotopic (exact) mass is 310 g/mol. The molecule has 0 saturated carbocycles. The lowest BCUT2D eigenvalue weighted by molar-refractivity contribution is -0.0328. The fourth-order valence-corrected chi connectivity index (χ4v) is 2.32. The number of hydrogen-bond acceptors (Lipinski definition) is 3. The van der Waals surface area contributed by atoms with Crippen molar-refractivity contribution < 1.29 is 13.2 Å². The maximum atomic E-state index is 12.2. The summed E-state index contributed by atoms with van der Waals surface area (Å²) in [6, 6.07) is 9.72. The SMILES string of the molecule is CC=C(C)C(C#N)(C#N)Cc1ccc(SC(F)(F)F)cc1. The van der Waals surface area contributed by atoms with Crippen molar-refractivity contribution in [2.75, 3.05) is 0 Å². The van der Waals surface area contributed by atoms with Crippen molar-refractivity contribution in [3.05, 3.63) is 41.5 Å². The van der Waals surface area contributed by atoms with Crippen molar-refractivity contribution >= 4 is 11.8 Å². The number of nitriles is 2. The summed E-state index contributed by atoms with van der Waals surface area (Å²) < 4.78 is 36.7. The molecule has 0 atom stereocenters. The van der Waals surface area contributed by atoms with E-state index in [1.165, 1.54) is 24.3 Å². The van der Waals surface area contributed by atoms with Crippen LogP contribution in [0.3, 0.4) is 0 Å². The lowest BCUT2D eigenvalue weighted by atomic mass is 9.78. The molecule has 110 valence electrons. The van der Waals surface area contributed by atoms with Crippen LogP contribution in [0.15, 0.2) is 40.8 Å². The Kier molecular flexibility index (Phi) is 5.46. The highest BCUT2D eigenvalue weighted by atomic mass is 32.2. The van der Waals surface area contributed by atoms with Gasteiger partial charge in [0.25, 0.3) is 0 Å². The quantitative estimate of drug-likeness (QED) is 0.590. The van der Waals surface area contributed by atoms with Crippen LogP contribution in [0.5, 0.6) is 0 Å². The topological polar surface area (TPSA) is 47.6 Å². The van der Waals surface area contributed by atoms with E-state index in [1.807, 2.05) is 12.1 Å². The molecule has 0 spiro atoms. The summed E-state index contributed by atoms with van der Waals surface area (Å²) in [7, 11) is 0. The zero-order valence-corrected chi connectivity index (χ0v) is 12.3.